The van der Waals surface area contributed by atoms with Gasteiger partial charge in [-0.15, -0.1) is 0 Å². The van der Waals surface area contributed by atoms with Crippen LogP contribution in [0.15, 0.2) is 24.3 Å². The van der Waals surface area contributed by atoms with Crippen molar-refractivity contribution in [2.24, 2.45) is 5.92 Å². The zero-order valence-corrected chi connectivity index (χ0v) is 11.2. The van der Waals surface area contributed by atoms with Crippen LogP contribution in [0.25, 0.3) is 0 Å². The number of nitrogens with zero attached hydrogens (tertiary/aromatic N) is 1. The second-order valence-electron chi connectivity index (χ2n) is 5.13. The van der Waals surface area contributed by atoms with Crippen molar-refractivity contribution in [3.05, 3.63) is 29.8 Å². The largest absolute Gasteiger partial charge is 0.367 e. The minimum Gasteiger partial charge on any atom is -0.367 e. The van der Waals surface area contributed by atoms with E-state index in [2.05, 4.69) is 55.3 Å². The van der Waals surface area contributed by atoms with Gasteiger partial charge >= 0.3 is 0 Å². The van der Waals surface area contributed by atoms with Crippen molar-refractivity contribution in [1.29, 1.82) is 0 Å². The monoisotopic (exact) mass is 232 g/mol. The number of nitrogens with one attached hydrogen (secondary N) is 1. The molecule has 2 rings (SSSR count). The Bertz CT molecular complexity index is 362. The van der Waals surface area contributed by atoms with Crippen LogP contribution in [0, 0.1) is 5.92 Å². The molecule has 0 spiro atoms. The van der Waals surface area contributed by atoms with Gasteiger partial charge in [0.25, 0.3) is 0 Å². The van der Waals surface area contributed by atoms with Gasteiger partial charge in [-0.05, 0) is 24.5 Å². The molecule has 1 N–H and O–H groups in total. The molecule has 0 saturated carbocycles. The van der Waals surface area contributed by atoms with Crippen molar-refractivity contribution in [2.75, 3.05) is 18.0 Å². The predicted molar refractivity (Wildman–Crippen MR) is 74.4 cm³/mol. The molecule has 17 heavy (non-hydrogen) atoms. The van der Waals surface area contributed by atoms with E-state index < -0.39 is 0 Å². The highest BCUT2D eigenvalue weighted by atomic mass is 15.2. The Morgan fingerprint density at radius 3 is 2.82 bits per heavy atom. The molecule has 0 radical (unpaired) electrons. The zero-order valence-electron chi connectivity index (χ0n) is 11.2. The van der Waals surface area contributed by atoms with E-state index in [1.54, 1.807) is 0 Å². The van der Waals surface area contributed by atoms with Crippen molar-refractivity contribution in [3.63, 3.8) is 0 Å². The van der Waals surface area contributed by atoms with Gasteiger partial charge in [0, 0.05) is 31.4 Å². The van der Waals surface area contributed by atoms with Crippen LogP contribution in [0.5, 0.6) is 0 Å². The first kappa shape index (κ1) is 12.4. The Hall–Kier alpha value is -1.02. The first-order valence-corrected chi connectivity index (χ1v) is 6.79. The molecule has 1 aliphatic heterocycles. The lowest BCUT2D eigenvalue weighted by Gasteiger charge is -2.34. The van der Waals surface area contributed by atoms with E-state index in [0.29, 0.717) is 6.04 Å². The van der Waals surface area contributed by atoms with Crippen LogP contribution in [0.1, 0.15) is 32.8 Å². The summed E-state index contributed by atoms with van der Waals surface area (Å²) in [4.78, 5) is 2.57. The highest BCUT2D eigenvalue weighted by Gasteiger charge is 2.22. The van der Waals surface area contributed by atoms with Crippen LogP contribution in [0.2, 0.25) is 0 Å². The van der Waals surface area contributed by atoms with Crippen LogP contribution in [0.3, 0.4) is 0 Å². The quantitative estimate of drug-likeness (QED) is 0.861. The fourth-order valence-corrected chi connectivity index (χ4v) is 2.55. The maximum Gasteiger partial charge on any atom is 0.0414 e. The number of para-hydroxylation sites is 1. The smallest absolute Gasteiger partial charge is 0.0414 e. The summed E-state index contributed by atoms with van der Waals surface area (Å²) < 4.78 is 0. The Morgan fingerprint density at radius 1 is 1.29 bits per heavy atom. The third kappa shape index (κ3) is 2.63. The van der Waals surface area contributed by atoms with E-state index in [1.165, 1.54) is 17.7 Å². The van der Waals surface area contributed by atoms with E-state index >= 15 is 0 Å². The van der Waals surface area contributed by atoms with Crippen molar-refractivity contribution in [1.82, 2.24) is 5.32 Å². The fraction of sp³-hybridized carbons (Fsp3) is 0.600. The molecule has 0 aliphatic carbocycles. The van der Waals surface area contributed by atoms with Crippen LogP contribution in [-0.4, -0.2) is 19.1 Å². The number of anilines is 1. The summed E-state index contributed by atoms with van der Waals surface area (Å²) >= 11 is 0. The van der Waals surface area contributed by atoms with Gasteiger partial charge in [0.2, 0.25) is 0 Å². The van der Waals surface area contributed by atoms with Gasteiger partial charge in [-0.3, -0.25) is 0 Å². The van der Waals surface area contributed by atoms with Gasteiger partial charge in [-0.1, -0.05) is 38.5 Å². The molecule has 2 atom stereocenters. The van der Waals surface area contributed by atoms with E-state index in [4.69, 9.17) is 0 Å². The van der Waals surface area contributed by atoms with Crippen molar-refractivity contribution < 1.29 is 0 Å². The fourth-order valence-electron chi connectivity index (χ4n) is 2.55. The predicted octanol–water partition coefficient (Wildman–Crippen LogP) is 3.03. The Kier molecular flexibility index (Phi) is 4.06. The molecule has 0 fully saturated rings. The average Bonchev–Trinajstić information content (AvgIpc) is 2.59. The number of hydrogen-bond acceptors (Lipinski definition) is 2. The van der Waals surface area contributed by atoms with Gasteiger partial charge in [0.15, 0.2) is 0 Å². The summed E-state index contributed by atoms with van der Waals surface area (Å²) in [6.07, 6.45) is 1.24. The second-order valence-corrected chi connectivity index (χ2v) is 5.13. The van der Waals surface area contributed by atoms with Gasteiger partial charge in [-0.2, -0.15) is 0 Å². The summed E-state index contributed by atoms with van der Waals surface area (Å²) in [5.74, 6) is 0.737. The number of fused-ring (bicyclic) bond motifs is 1. The molecule has 0 aromatic heterocycles. The number of rotatable bonds is 3. The molecule has 0 bridgehead atoms. The maximum absolute atomic E-state index is 3.50. The first-order valence-electron chi connectivity index (χ1n) is 6.79. The lowest BCUT2D eigenvalue weighted by atomic mass is 9.98. The third-order valence-corrected chi connectivity index (χ3v) is 4.11. The summed E-state index contributed by atoms with van der Waals surface area (Å²) in [5, 5.41) is 3.50. The van der Waals surface area contributed by atoms with Gasteiger partial charge in [0.05, 0.1) is 0 Å². The maximum atomic E-state index is 3.50. The number of hydrogen-bond donors (Lipinski definition) is 1. The Labute approximate surface area is 105 Å². The molecule has 0 saturated heterocycles. The first-order chi connectivity index (χ1) is 8.24. The number of benzene rings is 1. The van der Waals surface area contributed by atoms with E-state index in [0.717, 1.165) is 25.6 Å². The van der Waals surface area contributed by atoms with Crippen LogP contribution < -0.4 is 10.2 Å². The minimum absolute atomic E-state index is 0.612. The standard InChI is InChI=1S/C15H24N2/c1-4-12(2)13(3)17-10-9-16-11-14-7-5-6-8-15(14)17/h5-8,12-13,16H,4,9-11H2,1-3H3. The summed E-state index contributed by atoms with van der Waals surface area (Å²) in [6, 6.07) is 9.41. The zero-order chi connectivity index (χ0) is 12.3. The Balaban J connectivity index is 2.28. The summed E-state index contributed by atoms with van der Waals surface area (Å²) in [7, 11) is 0. The molecular formula is C15H24N2. The summed E-state index contributed by atoms with van der Waals surface area (Å²) in [5.41, 5.74) is 2.85. The van der Waals surface area contributed by atoms with E-state index in [1.807, 2.05) is 0 Å². The van der Waals surface area contributed by atoms with Crippen LogP contribution >= 0.6 is 0 Å². The molecule has 1 aliphatic rings. The normalized spacial score (nSPS) is 19.4. The van der Waals surface area contributed by atoms with Gasteiger partial charge in [0.1, 0.15) is 0 Å². The lowest BCUT2D eigenvalue weighted by Crippen LogP contribution is -2.40. The van der Waals surface area contributed by atoms with E-state index in [9.17, 15) is 0 Å². The second kappa shape index (κ2) is 5.54. The average molecular weight is 232 g/mol. The lowest BCUT2D eigenvalue weighted by molar-refractivity contribution is 0.437. The van der Waals surface area contributed by atoms with Crippen molar-refractivity contribution in [2.45, 2.75) is 39.8 Å². The van der Waals surface area contributed by atoms with Gasteiger partial charge < -0.3 is 10.2 Å². The molecule has 94 valence electrons. The van der Waals surface area contributed by atoms with Crippen molar-refractivity contribution >= 4 is 5.69 Å². The molecule has 1 heterocycles. The van der Waals surface area contributed by atoms with E-state index in [-0.39, 0.29) is 0 Å². The third-order valence-electron chi connectivity index (χ3n) is 4.11. The molecule has 1 aromatic carbocycles. The molecular weight excluding hydrogens is 208 g/mol. The topological polar surface area (TPSA) is 15.3 Å². The molecule has 2 unspecified atom stereocenters. The minimum atomic E-state index is 0.612. The molecule has 1 aromatic rings. The molecule has 2 heteroatoms. The Morgan fingerprint density at radius 2 is 2.06 bits per heavy atom. The van der Waals surface area contributed by atoms with Crippen LogP contribution in [0.4, 0.5) is 5.69 Å². The van der Waals surface area contributed by atoms with Crippen molar-refractivity contribution in [3.8, 4) is 0 Å². The summed E-state index contributed by atoms with van der Waals surface area (Å²) in [6.45, 7) is 10.2. The van der Waals surface area contributed by atoms with Crippen LogP contribution in [-0.2, 0) is 6.54 Å². The SMILES string of the molecule is CCC(C)C(C)N1CCNCc2ccccc21. The highest BCUT2D eigenvalue weighted by molar-refractivity contribution is 5.55. The molecule has 0 amide bonds. The van der Waals surface area contributed by atoms with Gasteiger partial charge in [-0.25, -0.2) is 0 Å². The molecule has 2 nitrogen and oxygen atoms in total. The highest BCUT2D eigenvalue weighted by Crippen LogP contribution is 2.27.